The molecule has 4 amide bonds. The van der Waals surface area contributed by atoms with E-state index in [0.717, 1.165) is 21.9 Å². The molecule has 11 nitrogen and oxygen atoms in total. The van der Waals surface area contributed by atoms with Gasteiger partial charge in [-0.1, -0.05) is 78.9 Å². The highest BCUT2D eigenvalue weighted by molar-refractivity contribution is 5.92. The summed E-state index contributed by atoms with van der Waals surface area (Å²) in [5.74, 6) is -0.628. The number of hydrogen-bond acceptors (Lipinski definition) is 7. The molecular formula is C34H33N7O4. The Morgan fingerprint density at radius 2 is 1.76 bits per heavy atom. The van der Waals surface area contributed by atoms with Crippen LogP contribution in [-0.2, 0) is 29.1 Å². The van der Waals surface area contributed by atoms with Crippen LogP contribution < -0.4 is 11.1 Å². The summed E-state index contributed by atoms with van der Waals surface area (Å²) in [7, 11) is 0. The number of nitriles is 1. The van der Waals surface area contributed by atoms with Gasteiger partial charge in [-0.15, -0.1) is 0 Å². The number of rotatable bonds is 8. The van der Waals surface area contributed by atoms with Crippen LogP contribution in [0, 0.1) is 11.3 Å². The van der Waals surface area contributed by atoms with E-state index >= 15 is 0 Å². The normalized spacial score (nSPS) is 18.1. The first kappa shape index (κ1) is 29.5. The molecule has 0 aromatic heterocycles. The predicted molar refractivity (Wildman–Crippen MR) is 168 cm³/mol. The summed E-state index contributed by atoms with van der Waals surface area (Å²) >= 11 is 0. The average molecular weight is 604 g/mol. The van der Waals surface area contributed by atoms with Gasteiger partial charge in [0.05, 0.1) is 24.8 Å². The zero-order chi connectivity index (χ0) is 31.5. The number of phenols is 1. The Balaban J connectivity index is 1.33. The summed E-state index contributed by atoms with van der Waals surface area (Å²) in [6, 6.07) is 28.7. The lowest BCUT2D eigenvalue weighted by Crippen LogP contribution is -2.66. The molecule has 228 valence electrons. The van der Waals surface area contributed by atoms with E-state index in [1.165, 1.54) is 16.0 Å². The van der Waals surface area contributed by atoms with E-state index < -0.39 is 18.2 Å². The summed E-state index contributed by atoms with van der Waals surface area (Å²) in [4.78, 5) is 44.6. The number of hydrogen-bond donors (Lipinski definition) is 3. The Hall–Kier alpha value is -5.60. The van der Waals surface area contributed by atoms with Gasteiger partial charge in [0.1, 0.15) is 24.5 Å². The van der Waals surface area contributed by atoms with Gasteiger partial charge in [0, 0.05) is 19.5 Å². The third kappa shape index (κ3) is 5.96. The number of hydrazine groups is 1. The molecule has 0 aliphatic carbocycles. The van der Waals surface area contributed by atoms with E-state index in [-0.39, 0.29) is 55.9 Å². The number of carbonyl (C=O) groups excluding carboxylic acids is 3. The van der Waals surface area contributed by atoms with Gasteiger partial charge < -0.3 is 26.0 Å². The number of nitrogens with one attached hydrogen (secondary N) is 1. The molecule has 0 saturated carbocycles. The van der Waals surface area contributed by atoms with Gasteiger partial charge in [-0.2, -0.15) is 10.3 Å². The molecule has 0 bridgehead atoms. The monoisotopic (exact) mass is 603 g/mol. The number of nitrogens with two attached hydrogens (primary N) is 1. The molecule has 0 spiro atoms. The molecule has 2 aliphatic rings. The van der Waals surface area contributed by atoms with Crippen molar-refractivity contribution in [3.63, 3.8) is 0 Å². The largest absolute Gasteiger partial charge is 0.506 e. The van der Waals surface area contributed by atoms with E-state index in [1.54, 1.807) is 22.0 Å². The van der Waals surface area contributed by atoms with Gasteiger partial charge in [-0.3, -0.25) is 9.59 Å². The molecule has 2 saturated heterocycles. The Bertz CT molecular complexity index is 1790. The molecular weight excluding hydrogens is 570 g/mol. The minimum absolute atomic E-state index is 0.0683. The molecule has 45 heavy (non-hydrogen) atoms. The summed E-state index contributed by atoms with van der Waals surface area (Å²) in [6.07, 6.45) is -0.537. The Morgan fingerprint density at radius 3 is 2.53 bits per heavy atom. The number of aromatic hydroxyl groups is 1. The first-order valence-corrected chi connectivity index (χ1v) is 14.7. The van der Waals surface area contributed by atoms with Crippen molar-refractivity contribution in [2.75, 3.05) is 25.4 Å². The van der Waals surface area contributed by atoms with Crippen LogP contribution in [0.15, 0.2) is 91.0 Å². The summed E-state index contributed by atoms with van der Waals surface area (Å²) in [5.41, 5.74) is 8.65. The van der Waals surface area contributed by atoms with Gasteiger partial charge >= 0.3 is 6.03 Å². The van der Waals surface area contributed by atoms with Crippen LogP contribution >= 0.6 is 0 Å². The minimum Gasteiger partial charge on any atom is -0.506 e. The van der Waals surface area contributed by atoms with E-state index in [4.69, 9.17) is 5.73 Å². The van der Waals surface area contributed by atoms with Crippen LogP contribution in [-0.4, -0.2) is 74.6 Å². The topological polar surface area (TPSA) is 146 Å². The second kappa shape index (κ2) is 12.6. The third-order valence-electron chi connectivity index (χ3n) is 8.38. The zero-order valence-corrected chi connectivity index (χ0v) is 24.5. The number of anilines is 1. The Labute approximate surface area is 260 Å². The van der Waals surface area contributed by atoms with Crippen molar-refractivity contribution in [3.05, 3.63) is 108 Å². The lowest BCUT2D eigenvalue weighted by atomic mass is 9.98. The van der Waals surface area contributed by atoms with Crippen LogP contribution in [0.2, 0.25) is 0 Å². The van der Waals surface area contributed by atoms with Crippen molar-refractivity contribution in [1.82, 2.24) is 25.1 Å². The van der Waals surface area contributed by atoms with Crippen molar-refractivity contribution in [3.8, 4) is 11.8 Å². The van der Waals surface area contributed by atoms with Gasteiger partial charge in [0.25, 0.3) is 0 Å². The van der Waals surface area contributed by atoms with Crippen molar-refractivity contribution < 1.29 is 19.5 Å². The SMILES string of the molecule is N#CCN(C(=O)NCc1ccccc1)N1CC(=O)N2[C@@H](Cc3ccc(O)c(N)c3)C(=O)N(Cc3cccc4ccccc34)C[C@@H]21. The highest BCUT2D eigenvalue weighted by Gasteiger charge is 2.52. The number of benzene rings is 4. The molecule has 4 N–H and O–H groups in total. The van der Waals surface area contributed by atoms with Gasteiger partial charge in [-0.05, 0) is 39.6 Å². The molecule has 4 aromatic carbocycles. The van der Waals surface area contributed by atoms with Crippen molar-refractivity contribution in [1.29, 1.82) is 5.26 Å². The number of piperazine rings is 1. The van der Waals surface area contributed by atoms with Crippen molar-refractivity contribution in [2.24, 2.45) is 0 Å². The first-order valence-electron chi connectivity index (χ1n) is 14.7. The smallest absolute Gasteiger partial charge is 0.333 e. The number of fused-ring (bicyclic) bond motifs is 2. The molecule has 2 heterocycles. The van der Waals surface area contributed by atoms with Crippen LogP contribution in [0.25, 0.3) is 10.8 Å². The fourth-order valence-corrected chi connectivity index (χ4v) is 6.19. The standard InChI is InChI=1S/C34H33N7O4/c35-15-16-39(34(45)37-19-23-7-2-1-3-8-23)40-22-32(43)41-29(18-24-13-14-30(42)28(36)17-24)33(44)38(21-31(40)41)20-26-11-6-10-25-9-4-5-12-27(25)26/h1-14,17,29,31,42H,16,18-22,36H2,(H,37,45)/t29-,31+/m0/s1. The number of amides is 4. The Morgan fingerprint density at radius 1 is 1.00 bits per heavy atom. The molecule has 6 rings (SSSR count). The quantitative estimate of drug-likeness (QED) is 0.159. The zero-order valence-electron chi connectivity index (χ0n) is 24.5. The van der Waals surface area contributed by atoms with Gasteiger partial charge in [-0.25, -0.2) is 9.80 Å². The van der Waals surface area contributed by atoms with E-state index in [0.29, 0.717) is 12.1 Å². The fraction of sp³-hybridized carbons (Fsp3) is 0.235. The highest BCUT2D eigenvalue weighted by Crippen LogP contribution is 2.32. The summed E-state index contributed by atoms with van der Waals surface area (Å²) < 4.78 is 0. The molecule has 0 unspecified atom stereocenters. The molecule has 0 radical (unpaired) electrons. The van der Waals surface area contributed by atoms with Crippen LogP contribution in [0.1, 0.15) is 16.7 Å². The number of phenolic OH excluding ortho intramolecular Hbond substituents is 1. The number of carbonyl (C=O) groups is 3. The molecule has 2 atom stereocenters. The minimum atomic E-state index is -0.892. The maximum absolute atomic E-state index is 14.2. The van der Waals surface area contributed by atoms with Crippen molar-refractivity contribution in [2.45, 2.75) is 31.7 Å². The number of urea groups is 1. The van der Waals surface area contributed by atoms with Crippen LogP contribution in [0.3, 0.4) is 0 Å². The maximum Gasteiger partial charge on any atom is 0.333 e. The van der Waals surface area contributed by atoms with E-state index in [9.17, 15) is 24.8 Å². The van der Waals surface area contributed by atoms with Gasteiger partial charge in [0.2, 0.25) is 11.8 Å². The van der Waals surface area contributed by atoms with Gasteiger partial charge in [0.15, 0.2) is 0 Å². The molecule has 2 fully saturated rings. The molecule has 4 aromatic rings. The average Bonchev–Trinajstić information content (AvgIpc) is 3.37. The summed E-state index contributed by atoms with van der Waals surface area (Å²) in [6.45, 7) is 0.215. The number of nitrogens with zero attached hydrogens (tertiary/aromatic N) is 5. The van der Waals surface area contributed by atoms with Crippen LogP contribution in [0.5, 0.6) is 5.75 Å². The first-order chi connectivity index (χ1) is 21.8. The maximum atomic E-state index is 14.2. The molecule has 11 heteroatoms. The predicted octanol–water partition coefficient (Wildman–Crippen LogP) is 3.20. The summed E-state index contributed by atoms with van der Waals surface area (Å²) in [5, 5.41) is 27.4. The lowest BCUT2D eigenvalue weighted by molar-refractivity contribution is -0.157. The number of nitrogen functional groups attached to an aromatic ring is 1. The lowest BCUT2D eigenvalue weighted by Gasteiger charge is -2.46. The third-order valence-corrected chi connectivity index (χ3v) is 8.38. The van der Waals surface area contributed by atoms with Crippen molar-refractivity contribution >= 4 is 34.3 Å². The Kier molecular flexibility index (Phi) is 8.22. The van der Waals surface area contributed by atoms with E-state index in [2.05, 4.69) is 11.4 Å². The highest BCUT2D eigenvalue weighted by atomic mass is 16.3. The second-order valence-electron chi connectivity index (χ2n) is 11.2. The van der Waals surface area contributed by atoms with Crippen LogP contribution in [0.4, 0.5) is 10.5 Å². The van der Waals surface area contributed by atoms with E-state index in [1.807, 2.05) is 72.8 Å². The molecule has 2 aliphatic heterocycles. The fourth-order valence-electron chi connectivity index (χ4n) is 6.19. The second-order valence-corrected chi connectivity index (χ2v) is 11.2.